The normalized spacial score (nSPS) is 18.1. The van der Waals surface area contributed by atoms with E-state index in [0.717, 1.165) is 34.2 Å². The van der Waals surface area contributed by atoms with Crippen LogP contribution in [0.4, 0.5) is 0 Å². The molecular weight excluding hydrogens is 452 g/mol. The van der Waals surface area contributed by atoms with Crippen molar-refractivity contribution in [1.82, 2.24) is 0 Å². The van der Waals surface area contributed by atoms with Crippen LogP contribution in [0.5, 0.6) is 34.5 Å². The standard InChI is InChI=1S/C27H28O8/c1-32-23-10-15(11-24(33-2)26(23)31)27-20(30)12-19-18-5-3-14-9-16(29)4-6-17(14)25(18)22(34-8-7-28)13-21(19)35-27/h4,6,9-11,13,20,27-31H,3,5,7-8,12H2,1-2H3/t20-,27+/m1/s1. The molecule has 1 aliphatic heterocycles. The molecule has 5 rings (SSSR count). The van der Waals surface area contributed by atoms with E-state index in [9.17, 15) is 20.4 Å². The van der Waals surface area contributed by atoms with Gasteiger partial charge in [-0.1, -0.05) is 6.07 Å². The number of aliphatic hydroxyl groups excluding tert-OH is 2. The van der Waals surface area contributed by atoms with Crippen LogP contribution in [0, 0.1) is 0 Å². The van der Waals surface area contributed by atoms with E-state index >= 15 is 0 Å². The van der Waals surface area contributed by atoms with E-state index in [-0.39, 0.29) is 36.2 Å². The first-order valence-corrected chi connectivity index (χ1v) is 11.5. The van der Waals surface area contributed by atoms with Crippen LogP contribution in [0.15, 0.2) is 36.4 Å². The van der Waals surface area contributed by atoms with E-state index in [0.29, 0.717) is 29.9 Å². The molecule has 0 amide bonds. The molecular formula is C27H28O8. The zero-order chi connectivity index (χ0) is 24.7. The van der Waals surface area contributed by atoms with Crippen LogP contribution in [0.2, 0.25) is 0 Å². The number of fused-ring (bicyclic) bond motifs is 5. The van der Waals surface area contributed by atoms with Crippen LogP contribution in [0.3, 0.4) is 0 Å². The van der Waals surface area contributed by atoms with Gasteiger partial charge in [0.2, 0.25) is 5.75 Å². The van der Waals surface area contributed by atoms with Crippen molar-refractivity contribution in [3.05, 3.63) is 58.7 Å². The third-order valence-corrected chi connectivity index (χ3v) is 6.67. The Morgan fingerprint density at radius 1 is 0.943 bits per heavy atom. The molecule has 3 aromatic rings. The average molecular weight is 481 g/mol. The summed E-state index contributed by atoms with van der Waals surface area (Å²) in [4.78, 5) is 0. The summed E-state index contributed by atoms with van der Waals surface area (Å²) in [6, 6.07) is 10.3. The molecule has 2 atom stereocenters. The van der Waals surface area contributed by atoms with Gasteiger partial charge in [-0.05, 0) is 53.8 Å². The first kappa shape index (κ1) is 23.1. The second-order valence-corrected chi connectivity index (χ2v) is 8.70. The Kier molecular flexibility index (Phi) is 6.08. The van der Waals surface area contributed by atoms with Gasteiger partial charge in [0.15, 0.2) is 17.6 Å². The van der Waals surface area contributed by atoms with E-state index in [2.05, 4.69) is 0 Å². The van der Waals surface area contributed by atoms with Gasteiger partial charge in [-0.25, -0.2) is 0 Å². The Morgan fingerprint density at radius 3 is 2.37 bits per heavy atom. The number of rotatable bonds is 6. The second-order valence-electron chi connectivity index (χ2n) is 8.70. The number of aryl methyl sites for hydroxylation is 1. The molecule has 3 aromatic carbocycles. The van der Waals surface area contributed by atoms with Crippen LogP contribution < -0.4 is 18.9 Å². The van der Waals surface area contributed by atoms with Crippen LogP contribution in [-0.4, -0.2) is 54.0 Å². The fraction of sp³-hybridized carbons (Fsp3) is 0.333. The predicted octanol–water partition coefficient (Wildman–Crippen LogP) is 3.29. The van der Waals surface area contributed by atoms with E-state index in [1.165, 1.54) is 14.2 Å². The molecule has 184 valence electrons. The number of phenolic OH excluding ortho intramolecular Hbond substituents is 2. The molecule has 1 heterocycles. The molecule has 35 heavy (non-hydrogen) atoms. The van der Waals surface area contributed by atoms with Gasteiger partial charge in [0, 0.05) is 29.2 Å². The number of aliphatic hydroxyl groups is 2. The Balaban J connectivity index is 1.61. The summed E-state index contributed by atoms with van der Waals surface area (Å²) in [5, 5.41) is 40.8. The molecule has 0 fully saturated rings. The Morgan fingerprint density at radius 2 is 1.69 bits per heavy atom. The minimum atomic E-state index is -0.851. The summed E-state index contributed by atoms with van der Waals surface area (Å²) < 4.78 is 22.8. The number of hydrogen-bond acceptors (Lipinski definition) is 8. The molecule has 0 radical (unpaired) electrons. The average Bonchev–Trinajstić information content (AvgIpc) is 2.86. The van der Waals surface area contributed by atoms with E-state index in [1.54, 1.807) is 30.3 Å². The molecule has 0 saturated heterocycles. The number of phenols is 2. The third kappa shape index (κ3) is 3.98. The minimum absolute atomic E-state index is 0.122. The number of aromatic hydroxyl groups is 2. The van der Waals surface area contributed by atoms with Crippen LogP contribution in [0.1, 0.15) is 28.4 Å². The largest absolute Gasteiger partial charge is 0.508 e. The van der Waals surface area contributed by atoms with Gasteiger partial charge >= 0.3 is 0 Å². The van der Waals surface area contributed by atoms with Crippen LogP contribution >= 0.6 is 0 Å². The summed E-state index contributed by atoms with van der Waals surface area (Å²) in [7, 11) is 2.89. The summed E-state index contributed by atoms with van der Waals surface area (Å²) >= 11 is 0. The maximum atomic E-state index is 11.1. The molecule has 8 heteroatoms. The summed E-state index contributed by atoms with van der Waals surface area (Å²) in [5.74, 6) is 1.71. The van der Waals surface area contributed by atoms with Gasteiger partial charge in [-0.2, -0.15) is 0 Å². The highest BCUT2D eigenvalue weighted by Crippen LogP contribution is 2.50. The molecule has 4 N–H and O–H groups in total. The zero-order valence-corrected chi connectivity index (χ0v) is 19.6. The van der Waals surface area contributed by atoms with Gasteiger partial charge in [0.25, 0.3) is 0 Å². The van der Waals surface area contributed by atoms with Gasteiger partial charge in [0.1, 0.15) is 23.9 Å². The van der Waals surface area contributed by atoms with Crippen molar-refractivity contribution in [3.63, 3.8) is 0 Å². The van der Waals surface area contributed by atoms with Gasteiger partial charge < -0.3 is 39.4 Å². The Bertz CT molecular complexity index is 1240. The van der Waals surface area contributed by atoms with Gasteiger partial charge in [-0.3, -0.25) is 0 Å². The quantitative estimate of drug-likeness (QED) is 0.425. The molecule has 0 aromatic heterocycles. The number of hydrogen-bond donors (Lipinski definition) is 4. The Labute approximate surface area is 202 Å². The van der Waals surface area contributed by atoms with Crippen molar-refractivity contribution in [2.75, 3.05) is 27.4 Å². The summed E-state index contributed by atoms with van der Waals surface area (Å²) in [6.07, 6.45) is 0.227. The summed E-state index contributed by atoms with van der Waals surface area (Å²) in [5.41, 5.74) is 5.43. The van der Waals surface area contributed by atoms with Crippen molar-refractivity contribution < 1.29 is 39.4 Å². The Hall–Kier alpha value is -3.62. The van der Waals surface area contributed by atoms with Crippen molar-refractivity contribution >= 4 is 0 Å². The fourth-order valence-electron chi connectivity index (χ4n) is 5.09. The second kappa shape index (κ2) is 9.20. The number of ether oxygens (including phenoxy) is 4. The van der Waals surface area contributed by atoms with Crippen LogP contribution in [-0.2, 0) is 19.3 Å². The first-order valence-electron chi connectivity index (χ1n) is 11.5. The highest BCUT2D eigenvalue weighted by Gasteiger charge is 2.36. The lowest BCUT2D eigenvalue weighted by molar-refractivity contribution is 0.0200. The van der Waals surface area contributed by atoms with E-state index < -0.39 is 12.2 Å². The molecule has 2 aliphatic rings. The first-order chi connectivity index (χ1) is 16.9. The summed E-state index contributed by atoms with van der Waals surface area (Å²) in [6.45, 7) is -0.0133. The number of benzene rings is 3. The fourth-order valence-corrected chi connectivity index (χ4v) is 5.09. The highest BCUT2D eigenvalue weighted by molar-refractivity contribution is 5.82. The third-order valence-electron chi connectivity index (χ3n) is 6.67. The van der Waals surface area contributed by atoms with Crippen molar-refractivity contribution in [2.24, 2.45) is 0 Å². The van der Waals surface area contributed by atoms with Crippen molar-refractivity contribution in [2.45, 2.75) is 31.5 Å². The lowest BCUT2D eigenvalue weighted by Crippen LogP contribution is -2.31. The van der Waals surface area contributed by atoms with Crippen LogP contribution in [0.25, 0.3) is 11.1 Å². The minimum Gasteiger partial charge on any atom is -0.508 e. The lowest BCUT2D eigenvalue weighted by Gasteiger charge is -2.35. The SMILES string of the molecule is COc1cc([C@@H]2Oc3cc(OCCO)c4c(c3C[C@H]2O)CCc2cc(O)ccc2-4)cc(OC)c1O. The van der Waals surface area contributed by atoms with Crippen molar-refractivity contribution in [1.29, 1.82) is 0 Å². The van der Waals surface area contributed by atoms with Gasteiger partial charge in [-0.15, -0.1) is 0 Å². The highest BCUT2D eigenvalue weighted by atomic mass is 16.5. The molecule has 0 saturated carbocycles. The predicted molar refractivity (Wildman–Crippen MR) is 128 cm³/mol. The zero-order valence-electron chi connectivity index (χ0n) is 19.6. The molecule has 1 aliphatic carbocycles. The molecule has 0 spiro atoms. The van der Waals surface area contributed by atoms with E-state index in [1.807, 2.05) is 6.07 Å². The maximum Gasteiger partial charge on any atom is 0.200 e. The molecule has 0 unspecified atom stereocenters. The maximum absolute atomic E-state index is 11.1. The molecule has 0 bridgehead atoms. The van der Waals surface area contributed by atoms with Gasteiger partial charge in [0.05, 0.1) is 26.9 Å². The lowest BCUT2D eigenvalue weighted by atomic mass is 9.80. The smallest absolute Gasteiger partial charge is 0.200 e. The number of methoxy groups -OCH3 is 2. The monoisotopic (exact) mass is 480 g/mol. The molecule has 8 nitrogen and oxygen atoms in total. The van der Waals surface area contributed by atoms with Crippen molar-refractivity contribution in [3.8, 4) is 45.6 Å². The van der Waals surface area contributed by atoms with E-state index in [4.69, 9.17) is 18.9 Å². The topological polar surface area (TPSA) is 118 Å².